The fourth-order valence-corrected chi connectivity index (χ4v) is 0.212. The van der Waals surface area contributed by atoms with Gasteiger partial charge in [0.15, 0.2) is 7.14 Å². The lowest BCUT2D eigenvalue weighted by molar-refractivity contribution is 0.585. The van der Waals surface area contributed by atoms with E-state index < -0.39 is 7.14 Å². The van der Waals surface area contributed by atoms with Gasteiger partial charge in [-0.15, -0.1) is 0 Å². The minimum atomic E-state index is -2.35. The first-order valence-corrected chi connectivity index (χ1v) is 4.44. The van der Waals surface area contributed by atoms with Gasteiger partial charge < -0.3 is 4.57 Å². The van der Waals surface area contributed by atoms with Crippen LogP contribution in [0, 0.1) is 11.1 Å². The van der Waals surface area contributed by atoms with Crippen LogP contribution in [0.5, 0.6) is 0 Å². The zero-order chi connectivity index (χ0) is 5.91. The molecule has 3 heteroatoms. The largest absolute Gasteiger partial charge is 0.308 e. The SMILES string of the molecule is CCP(C)(=O)C#N. The molecule has 0 radical (unpaired) electrons. The third kappa shape index (κ3) is 2.42. The molecule has 0 amide bonds. The monoisotopic (exact) mass is 117 g/mol. The summed E-state index contributed by atoms with van der Waals surface area (Å²) in [5, 5.41) is 8.08. The summed E-state index contributed by atoms with van der Waals surface area (Å²) >= 11 is 0. The van der Waals surface area contributed by atoms with E-state index in [9.17, 15) is 4.57 Å². The molecule has 1 unspecified atom stereocenters. The summed E-state index contributed by atoms with van der Waals surface area (Å²) in [6, 6.07) is 0. The van der Waals surface area contributed by atoms with Gasteiger partial charge in [-0.3, -0.25) is 0 Å². The van der Waals surface area contributed by atoms with Crippen molar-refractivity contribution in [2.24, 2.45) is 0 Å². The number of nitrogens with zero attached hydrogens (tertiary/aromatic N) is 1. The van der Waals surface area contributed by atoms with Crippen molar-refractivity contribution in [2.45, 2.75) is 6.92 Å². The normalized spacial score (nSPS) is 17.3. The highest BCUT2D eigenvalue weighted by molar-refractivity contribution is 7.67. The van der Waals surface area contributed by atoms with Crippen LogP contribution in [0.15, 0.2) is 0 Å². The Hall–Kier alpha value is -0.280. The minimum absolute atomic E-state index is 0.490. The molecule has 0 bridgehead atoms. The molecule has 0 heterocycles. The Labute approximate surface area is 43.5 Å². The molecule has 0 aromatic heterocycles. The average Bonchev–Trinajstić information content (AvgIpc) is 1.68. The third-order valence-electron chi connectivity index (χ3n) is 0.815. The zero-order valence-corrected chi connectivity index (χ0v) is 5.40. The molecule has 1 atom stereocenters. The first-order chi connectivity index (χ1) is 3.12. The molecular weight excluding hydrogens is 109 g/mol. The van der Waals surface area contributed by atoms with E-state index >= 15 is 0 Å². The first kappa shape index (κ1) is 6.72. The Morgan fingerprint density at radius 2 is 2.29 bits per heavy atom. The lowest BCUT2D eigenvalue weighted by atomic mass is 11.0. The van der Waals surface area contributed by atoms with Gasteiger partial charge in [-0.1, -0.05) is 6.92 Å². The maximum atomic E-state index is 10.6. The maximum absolute atomic E-state index is 10.6. The minimum Gasteiger partial charge on any atom is -0.308 e. The van der Waals surface area contributed by atoms with Crippen LogP contribution in [-0.4, -0.2) is 12.8 Å². The molecular formula is C4H8NOP. The number of nitriles is 1. The highest BCUT2D eigenvalue weighted by Gasteiger charge is 2.07. The standard InChI is InChI=1S/C4H8NOP/c1-3-7(2,6)4-5/h3H2,1-2H3. The van der Waals surface area contributed by atoms with Crippen molar-refractivity contribution < 1.29 is 4.57 Å². The molecule has 0 saturated carbocycles. The number of rotatable bonds is 1. The van der Waals surface area contributed by atoms with Gasteiger partial charge in [-0.2, -0.15) is 5.26 Å². The second-order valence-corrected chi connectivity index (χ2v) is 4.55. The second-order valence-electron chi connectivity index (χ2n) is 1.52. The van der Waals surface area contributed by atoms with Crippen LogP contribution in [0.2, 0.25) is 0 Å². The molecule has 0 aliphatic rings. The van der Waals surface area contributed by atoms with Gasteiger partial charge in [-0.25, -0.2) is 0 Å². The molecule has 40 valence electrons. The molecule has 2 nitrogen and oxygen atoms in total. The summed E-state index contributed by atoms with van der Waals surface area (Å²) in [6.45, 7) is 3.25. The maximum Gasteiger partial charge on any atom is 0.178 e. The second kappa shape index (κ2) is 2.14. The molecule has 0 saturated heterocycles. The summed E-state index contributed by atoms with van der Waals surface area (Å²) in [5.74, 6) is 1.75. The Morgan fingerprint density at radius 1 is 1.86 bits per heavy atom. The first-order valence-electron chi connectivity index (χ1n) is 2.10. The Balaban J connectivity index is 3.94. The molecule has 0 aliphatic carbocycles. The summed E-state index contributed by atoms with van der Waals surface area (Å²) in [7, 11) is -2.35. The topological polar surface area (TPSA) is 40.9 Å². The van der Waals surface area contributed by atoms with Crippen LogP contribution in [0.25, 0.3) is 0 Å². The van der Waals surface area contributed by atoms with E-state index in [0.717, 1.165) is 0 Å². The van der Waals surface area contributed by atoms with E-state index in [1.807, 2.05) is 0 Å². The van der Waals surface area contributed by atoms with Gasteiger partial charge >= 0.3 is 0 Å². The molecule has 0 aliphatic heterocycles. The van der Waals surface area contributed by atoms with Crippen LogP contribution in [0.4, 0.5) is 0 Å². The molecule has 0 N–H and O–H groups in total. The van der Waals surface area contributed by atoms with Gasteiger partial charge in [0.2, 0.25) is 0 Å². The average molecular weight is 117 g/mol. The third-order valence-corrected chi connectivity index (χ3v) is 2.44. The zero-order valence-electron chi connectivity index (χ0n) is 4.51. The van der Waals surface area contributed by atoms with Crippen molar-refractivity contribution in [2.75, 3.05) is 12.8 Å². The van der Waals surface area contributed by atoms with Gasteiger partial charge in [0, 0.05) is 12.8 Å². The van der Waals surface area contributed by atoms with E-state index in [4.69, 9.17) is 5.26 Å². The van der Waals surface area contributed by atoms with Gasteiger partial charge in [0.1, 0.15) is 5.81 Å². The fraction of sp³-hybridized carbons (Fsp3) is 0.750. The molecule has 0 fully saturated rings. The summed E-state index contributed by atoms with van der Waals surface area (Å²) < 4.78 is 10.6. The van der Waals surface area contributed by atoms with Crippen LogP contribution < -0.4 is 0 Å². The lowest BCUT2D eigenvalue weighted by Crippen LogP contribution is -1.74. The highest BCUT2D eigenvalue weighted by Crippen LogP contribution is 2.37. The van der Waals surface area contributed by atoms with Crippen LogP contribution in [0.1, 0.15) is 6.92 Å². The number of hydrogen-bond acceptors (Lipinski definition) is 2. The van der Waals surface area contributed by atoms with Crippen LogP contribution in [-0.2, 0) is 4.57 Å². The van der Waals surface area contributed by atoms with Gasteiger partial charge in [0.05, 0.1) is 0 Å². The predicted molar refractivity (Wildman–Crippen MR) is 29.7 cm³/mol. The van der Waals surface area contributed by atoms with E-state index in [-0.39, 0.29) is 0 Å². The quantitative estimate of drug-likeness (QED) is 0.488. The summed E-state index contributed by atoms with van der Waals surface area (Å²) in [5.41, 5.74) is 0. The van der Waals surface area contributed by atoms with Crippen LogP contribution >= 0.6 is 7.14 Å². The van der Waals surface area contributed by atoms with Crippen molar-refractivity contribution in [1.82, 2.24) is 0 Å². The molecule has 0 rings (SSSR count). The van der Waals surface area contributed by atoms with E-state index in [0.29, 0.717) is 6.16 Å². The van der Waals surface area contributed by atoms with E-state index in [1.165, 1.54) is 6.66 Å². The number of hydrogen-bond donors (Lipinski definition) is 0. The molecule has 0 spiro atoms. The van der Waals surface area contributed by atoms with E-state index in [2.05, 4.69) is 0 Å². The van der Waals surface area contributed by atoms with Crippen molar-refractivity contribution in [3.8, 4) is 5.81 Å². The summed E-state index contributed by atoms with van der Waals surface area (Å²) in [4.78, 5) is 0. The Bertz CT molecular complexity index is 135. The molecule has 0 aromatic carbocycles. The van der Waals surface area contributed by atoms with Crippen molar-refractivity contribution in [3.05, 3.63) is 0 Å². The van der Waals surface area contributed by atoms with Crippen molar-refractivity contribution in [1.29, 1.82) is 5.26 Å². The molecule has 0 aromatic rings. The van der Waals surface area contributed by atoms with Crippen LogP contribution in [0.3, 0.4) is 0 Å². The fourth-order valence-electron chi connectivity index (χ4n) is 0.0707. The van der Waals surface area contributed by atoms with Gasteiger partial charge in [0.25, 0.3) is 0 Å². The van der Waals surface area contributed by atoms with Crippen molar-refractivity contribution >= 4 is 7.14 Å². The Kier molecular flexibility index (Phi) is 2.05. The summed E-state index contributed by atoms with van der Waals surface area (Å²) in [6.07, 6.45) is 0.490. The lowest BCUT2D eigenvalue weighted by Gasteiger charge is -1.91. The molecule has 7 heavy (non-hydrogen) atoms. The van der Waals surface area contributed by atoms with E-state index in [1.54, 1.807) is 12.7 Å². The van der Waals surface area contributed by atoms with Gasteiger partial charge in [-0.05, 0) is 0 Å². The Morgan fingerprint density at radius 3 is 2.29 bits per heavy atom. The highest BCUT2D eigenvalue weighted by atomic mass is 31.2. The predicted octanol–water partition coefficient (Wildman–Crippen LogP) is 1.48. The van der Waals surface area contributed by atoms with Crippen molar-refractivity contribution in [3.63, 3.8) is 0 Å². The smallest absolute Gasteiger partial charge is 0.178 e.